The number of aliphatic hydroxyl groups is 3. The number of nitrogens with two attached hydrogens (primary N) is 1. The number of aliphatic carboxylic acids is 1. The van der Waals surface area contributed by atoms with Crippen LogP contribution in [0.3, 0.4) is 0 Å². The summed E-state index contributed by atoms with van der Waals surface area (Å²) in [7, 11) is 1.43. The highest BCUT2D eigenvalue weighted by Crippen LogP contribution is 2.56. The van der Waals surface area contributed by atoms with Gasteiger partial charge in [0.2, 0.25) is 5.75 Å². The van der Waals surface area contributed by atoms with Crippen molar-refractivity contribution in [2.75, 3.05) is 39.3 Å². The highest BCUT2D eigenvalue weighted by atomic mass is 16.5. The Morgan fingerprint density at radius 3 is 2.60 bits per heavy atom. The third kappa shape index (κ3) is 9.46. The van der Waals surface area contributed by atoms with Gasteiger partial charge in [-0.25, -0.2) is 4.98 Å². The highest BCUT2D eigenvalue weighted by Gasteiger charge is 2.57. The molecule has 1 aliphatic carbocycles. The molecule has 0 radical (unpaired) electrons. The molecule has 0 amide bonds. The van der Waals surface area contributed by atoms with E-state index < -0.39 is 47.6 Å². The van der Waals surface area contributed by atoms with Crippen LogP contribution in [0.5, 0.6) is 28.7 Å². The topological polar surface area (TPSA) is 238 Å². The number of aliphatic hydroxyl groups excluding tert-OH is 3. The number of hydrogen-bond acceptors (Lipinski definition) is 14. The maximum absolute atomic E-state index is 12.8. The van der Waals surface area contributed by atoms with Crippen LogP contribution in [-0.4, -0.2) is 106 Å². The Morgan fingerprint density at radius 2 is 1.88 bits per heavy atom. The largest absolute Gasteiger partial charge is 0.504 e. The molecule has 15 heteroatoms. The molecule has 0 saturated carbocycles. The second-order valence-corrected chi connectivity index (χ2v) is 15.9. The number of anilines is 1. The number of phenols is 2. The zero-order chi connectivity index (χ0) is 41.6. The number of phenolic OH excluding ortho intramolecular Hbond substituents is 2. The number of aromatic nitrogens is 1. The number of aryl methyl sites for hydroxylation is 1. The lowest BCUT2D eigenvalue weighted by Gasteiger charge is -2.50. The monoisotopic (exact) mass is 806 g/mol. The van der Waals surface area contributed by atoms with Crippen LogP contribution in [0.15, 0.2) is 60.8 Å². The van der Waals surface area contributed by atoms with Crippen LogP contribution in [0, 0.1) is 17.3 Å². The molecular weight excluding hydrogens is 748 g/mol. The minimum Gasteiger partial charge on any atom is -0.504 e. The van der Waals surface area contributed by atoms with E-state index in [0.29, 0.717) is 49.4 Å². The molecule has 3 heterocycles. The van der Waals surface area contributed by atoms with Gasteiger partial charge in [-0.05, 0) is 105 Å². The normalized spacial score (nSPS) is 28.7. The van der Waals surface area contributed by atoms with Crippen molar-refractivity contribution in [2.45, 2.75) is 94.8 Å². The van der Waals surface area contributed by atoms with Gasteiger partial charge in [-0.2, -0.15) is 0 Å². The van der Waals surface area contributed by atoms with Gasteiger partial charge in [-0.15, -0.1) is 0 Å². The van der Waals surface area contributed by atoms with E-state index in [1.54, 1.807) is 55.6 Å². The predicted molar refractivity (Wildman–Crippen MR) is 215 cm³/mol. The molecular formula is C43H58N4O11. The molecule has 2 fully saturated rings. The molecule has 3 aromatic rings. The van der Waals surface area contributed by atoms with Crippen LogP contribution in [-0.2, 0) is 16.0 Å². The number of hydrogen-bond donors (Lipinski definition) is 9. The van der Waals surface area contributed by atoms with E-state index in [4.69, 9.17) is 24.7 Å². The van der Waals surface area contributed by atoms with E-state index in [9.17, 15) is 35.4 Å². The van der Waals surface area contributed by atoms with Gasteiger partial charge in [0.05, 0.1) is 37.4 Å². The number of nitrogen functional groups attached to an aromatic ring is 1. The molecule has 10 N–H and O–H groups in total. The van der Waals surface area contributed by atoms with E-state index in [0.717, 1.165) is 17.5 Å². The van der Waals surface area contributed by atoms with Crippen molar-refractivity contribution in [3.8, 4) is 28.7 Å². The summed E-state index contributed by atoms with van der Waals surface area (Å²) in [6, 6.07) is 11.7. The molecule has 6 rings (SSSR count). The first-order chi connectivity index (χ1) is 27.8. The molecule has 316 valence electrons. The first-order valence-corrected chi connectivity index (χ1v) is 20.0. The minimum absolute atomic E-state index is 0.0116. The van der Waals surface area contributed by atoms with Crippen molar-refractivity contribution in [3.63, 3.8) is 0 Å². The van der Waals surface area contributed by atoms with Gasteiger partial charge >= 0.3 is 5.97 Å². The Labute approximate surface area is 338 Å². The smallest absolute Gasteiger partial charge is 0.311 e. The van der Waals surface area contributed by atoms with Gasteiger partial charge in [0.25, 0.3) is 0 Å². The number of benzene rings is 2. The summed E-state index contributed by atoms with van der Waals surface area (Å²) in [5.74, 6) is -1.91. The Balaban J connectivity index is 1.24. The van der Waals surface area contributed by atoms with Crippen LogP contribution in [0.1, 0.15) is 74.7 Å². The molecule has 15 nitrogen and oxygen atoms in total. The molecule has 1 spiro atoms. The molecule has 1 aromatic heterocycles. The van der Waals surface area contributed by atoms with Crippen molar-refractivity contribution < 1.29 is 54.4 Å². The van der Waals surface area contributed by atoms with Gasteiger partial charge in [-0.3, -0.25) is 10.1 Å². The second-order valence-electron chi connectivity index (χ2n) is 15.9. The van der Waals surface area contributed by atoms with Crippen molar-refractivity contribution in [2.24, 2.45) is 17.3 Å². The second kappa shape index (κ2) is 19.0. The number of methoxy groups -OCH3 is 1. The SMILES string of the molecule is COc1cc([C@H]2O[C@@H](CCc3ccc(O)c(OCNC[C@H](C)O)c3)C[C@H](O)[C@@H]2CCO)cc(OC[C@H]2N[C@H](C)CC[C@]23[C@@H](C(=O)O)C=C[C@@H]3c2ccnc(N)c2)c1O. The molecule has 3 aliphatic rings. The molecule has 2 aliphatic heterocycles. The lowest BCUT2D eigenvalue weighted by Crippen LogP contribution is -2.60. The fraction of sp³-hybridized carbons (Fsp3) is 0.535. The summed E-state index contributed by atoms with van der Waals surface area (Å²) < 4.78 is 24.5. The van der Waals surface area contributed by atoms with Crippen molar-refractivity contribution in [1.29, 1.82) is 0 Å². The zero-order valence-electron chi connectivity index (χ0n) is 33.3. The number of rotatable bonds is 17. The highest BCUT2D eigenvalue weighted by molar-refractivity contribution is 5.75. The van der Waals surface area contributed by atoms with Crippen LogP contribution in [0.4, 0.5) is 5.82 Å². The first kappa shape index (κ1) is 43.0. The van der Waals surface area contributed by atoms with Crippen LogP contribution < -0.4 is 30.6 Å². The molecule has 0 bridgehead atoms. The number of aromatic hydroxyl groups is 2. The van der Waals surface area contributed by atoms with Gasteiger partial charge in [-0.1, -0.05) is 18.2 Å². The van der Waals surface area contributed by atoms with Gasteiger partial charge in [0, 0.05) is 48.7 Å². The molecule has 0 unspecified atom stereocenters. The van der Waals surface area contributed by atoms with E-state index >= 15 is 0 Å². The van der Waals surface area contributed by atoms with Crippen molar-refractivity contribution in [3.05, 3.63) is 77.5 Å². The maximum Gasteiger partial charge on any atom is 0.311 e. The van der Waals surface area contributed by atoms with Crippen LogP contribution in [0.25, 0.3) is 0 Å². The summed E-state index contributed by atoms with van der Waals surface area (Å²) in [6.07, 6.45) is 5.89. The quantitative estimate of drug-likeness (QED) is 0.0536. The van der Waals surface area contributed by atoms with Crippen LogP contribution in [0.2, 0.25) is 0 Å². The van der Waals surface area contributed by atoms with E-state index in [1.165, 1.54) is 7.11 Å². The summed E-state index contributed by atoms with van der Waals surface area (Å²) in [5.41, 5.74) is 7.59. The number of pyridine rings is 1. The summed E-state index contributed by atoms with van der Waals surface area (Å²) in [5, 5.41) is 69.8. The Bertz CT molecular complexity index is 1890. The van der Waals surface area contributed by atoms with E-state index in [-0.39, 0.29) is 67.4 Å². The Hall–Kier alpha value is -4.64. The zero-order valence-corrected chi connectivity index (χ0v) is 33.3. The number of allylic oxidation sites excluding steroid dienone is 1. The van der Waals surface area contributed by atoms with E-state index in [1.807, 2.05) is 12.1 Å². The average molecular weight is 807 g/mol. The maximum atomic E-state index is 12.8. The molecule has 58 heavy (non-hydrogen) atoms. The fourth-order valence-corrected chi connectivity index (χ4v) is 9.11. The third-order valence-electron chi connectivity index (χ3n) is 12.0. The Kier molecular flexibility index (Phi) is 14.0. The predicted octanol–water partition coefficient (Wildman–Crippen LogP) is 3.77. The Morgan fingerprint density at radius 1 is 1.09 bits per heavy atom. The number of carboxylic acid groups (broad SMARTS) is 1. The molecule has 10 atom stereocenters. The number of nitrogens with one attached hydrogen (secondary N) is 2. The third-order valence-corrected chi connectivity index (χ3v) is 12.0. The molecule has 2 aromatic carbocycles. The number of nitrogens with zero attached hydrogens (tertiary/aromatic N) is 1. The van der Waals surface area contributed by atoms with Gasteiger partial charge in [0.15, 0.2) is 23.0 Å². The standard InChI is InChI=1S/C43H58N4O11/c1-24-10-13-43(31(7-8-32(43)42(53)54)27-11-14-46-39(44)19-27)38(47-24)22-56-37-18-28(17-36(55-3)40(37)52)41-30(12-15-48)34(51)20-29(58-41)6-4-26-5-9-33(50)35(16-26)57-23-45-21-25(2)49/h5,7-9,11,14,16-19,24-25,29-32,34,38,41,45,47-52H,4,6,10,12-13,15,20-23H2,1-3H3,(H2,44,46)(H,53,54)/t24-,25+,29+,30+,31-,32-,34+,38-,41-,43+/m1/s1. The molecule has 2 saturated heterocycles. The van der Waals surface area contributed by atoms with Gasteiger partial charge in [0.1, 0.15) is 19.2 Å². The van der Waals surface area contributed by atoms with Gasteiger partial charge < -0.3 is 60.6 Å². The number of carbonyl (C=O) groups is 1. The minimum atomic E-state index is -0.938. The summed E-state index contributed by atoms with van der Waals surface area (Å²) in [6.45, 7) is 3.99. The summed E-state index contributed by atoms with van der Waals surface area (Å²) in [4.78, 5) is 17.0. The fourth-order valence-electron chi connectivity index (χ4n) is 9.11. The number of piperidine rings is 1. The van der Waals surface area contributed by atoms with E-state index in [2.05, 4.69) is 22.5 Å². The number of carboxylic acids is 1. The van der Waals surface area contributed by atoms with Crippen molar-refractivity contribution in [1.82, 2.24) is 15.6 Å². The van der Waals surface area contributed by atoms with Crippen molar-refractivity contribution >= 4 is 11.8 Å². The lowest BCUT2D eigenvalue weighted by molar-refractivity contribution is -0.146. The van der Waals surface area contributed by atoms with Crippen LogP contribution >= 0.6 is 0 Å². The lowest BCUT2D eigenvalue weighted by atomic mass is 9.59. The summed E-state index contributed by atoms with van der Waals surface area (Å²) >= 11 is 0. The first-order valence-electron chi connectivity index (χ1n) is 20.0. The average Bonchev–Trinajstić information content (AvgIpc) is 3.58. The number of ether oxygens (including phenoxy) is 4.